The average Bonchev–Trinajstić information content (AvgIpc) is 3.75. The van der Waals surface area contributed by atoms with Crippen molar-refractivity contribution in [2.45, 2.75) is 34.8 Å². The molecule has 0 fully saturated rings. The summed E-state index contributed by atoms with van der Waals surface area (Å²) in [5.74, 6) is 1.44. The lowest BCUT2D eigenvalue weighted by Crippen LogP contribution is -2.41. The van der Waals surface area contributed by atoms with Crippen molar-refractivity contribution >= 4 is 17.3 Å². The quantitative estimate of drug-likeness (QED) is 0.160. The number of fused-ring (bicyclic) bond motifs is 6. The van der Waals surface area contributed by atoms with Crippen LogP contribution in [0, 0.1) is 17.8 Å². The SMILES string of the molecule is CC1C=CC=CC1[C@H](Cc1ccccc1-c1ccccc1)c1ccc2c(c1)C1=CC=CC(C3(c4ccccc4)c4ccccc4-c4ccccc43)C1S2. The Morgan fingerprint density at radius 1 is 0.585 bits per heavy atom. The van der Waals surface area contributed by atoms with Crippen LogP contribution in [0.15, 0.2) is 199 Å². The van der Waals surface area contributed by atoms with Gasteiger partial charge >= 0.3 is 0 Å². The van der Waals surface area contributed by atoms with Gasteiger partial charge in [0.2, 0.25) is 0 Å². The Hall–Kier alpha value is -5.37. The second-order valence-corrected chi connectivity index (χ2v) is 16.3. The molecule has 1 heteroatoms. The van der Waals surface area contributed by atoms with Gasteiger partial charge in [-0.3, -0.25) is 0 Å². The lowest BCUT2D eigenvalue weighted by atomic mass is 9.61. The van der Waals surface area contributed by atoms with Crippen LogP contribution in [-0.2, 0) is 11.8 Å². The fraction of sp³-hybridized carbons (Fsp3) is 0.154. The van der Waals surface area contributed by atoms with Gasteiger partial charge in [0.15, 0.2) is 0 Å². The third-order valence-corrected chi connectivity index (χ3v) is 13.8. The Bertz CT molecular complexity index is 2400. The van der Waals surface area contributed by atoms with E-state index >= 15 is 0 Å². The molecule has 0 saturated carbocycles. The van der Waals surface area contributed by atoms with Crippen molar-refractivity contribution in [3.63, 3.8) is 0 Å². The molecule has 0 bridgehead atoms. The topological polar surface area (TPSA) is 0 Å². The molecular weight excluding hydrogens is 657 g/mol. The number of hydrogen-bond donors (Lipinski definition) is 0. The lowest BCUT2D eigenvalue weighted by Gasteiger charge is -2.43. The molecular formula is C52H42S. The highest BCUT2D eigenvalue weighted by Crippen LogP contribution is 2.63. The first kappa shape index (κ1) is 32.3. The molecule has 53 heavy (non-hydrogen) atoms. The summed E-state index contributed by atoms with van der Waals surface area (Å²) in [5, 5.41) is 0.290. The Balaban J connectivity index is 1.08. The Kier molecular flexibility index (Phi) is 8.07. The molecule has 10 rings (SSSR count). The van der Waals surface area contributed by atoms with Gasteiger partial charge in [0.1, 0.15) is 0 Å². The van der Waals surface area contributed by atoms with E-state index in [1.165, 1.54) is 66.1 Å². The normalized spacial score (nSPS) is 22.0. The zero-order valence-electron chi connectivity index (χ0n) is 30.0. The highest BCUT2D eigenvalue weighted by Gasteiger charge is 2.54. The summed E-state index contributed by atoms with van der Waals surface area (Å²) >= 11 is 2.07. The van der Waals surface area contributed by atoms with Crippen molar-refractivity contribution in [3.8, 4) is 22.3 Å². The van der Waals surface area contributed by atoms with Crippen LogP contribution >= 0.6 is 11.8 Å². The number of rotatable bonds is 7. The summed E-state index contributed by atoms with van der Waals surface area (Å²) < 4.78 is 0. The van der Waals surface area contributed by atoms with Crippen LogP contribution in [0.5, 0.6) is 0 Å². The highest BCUT2D eigenvalue weighted by atomic mass is 32.2. The molecule has 0 aromatic heterocycles. The molecule has 0 nitrogen and oxygen atoms in total. The van der Waals surface area contributed by atoms with Gasteiger partial charge in [-0.1, -0.05) is 195 Å². The third-order valence-electron chi connectivity index (χ3n) is 12.4. The third kappa shape index (κ3) is 5.20. The van der Waals surface area contributed by atoms with E-state index in [0.717, 1.165) is 6.42 Å². The predicted octanol–water partition coefficient (Wildman–Crippen LogP) is 13.1. The molecule has 6 aromatic carbocycles. The molecule has 3 aliphatic carbocycles. The van der Waals surface area contributed by atoms with Crippen LogP contribution in [0.2, 0.25) is 0 Å². The van der Waals surface area contributed by atoms with E-state index < -0.39 is 0 Å². The van der Waals surface area contributed by atoms with Crippen LogP contribution in [-0.4, -0.2) is 5.25 Å². The molecule has 256 valence electrons. The number of hydrogen-bond acceptors (Lipinski definition) is 1. The monoisotopic (exact) mass is 698 g/mol. The van der Waals surface area contributed by atoms with E-state index in [2.05, 4.69) is 213 Å². The molecule has 4 unspecified atom stereocenters. The molecule has 4 aliphatic rings. The van der Waals surface area contributed by atoms with Gasteiger partial charge < -0.3 is 0 Å². The maximum absolute atomic E-state index is 2.57. The Morgan fingerprint density at radius 2 is 1.23 bits per heavy atom. The van der Waals surface area contributed by atoms with Crippen LogP contribution in [0.25, 0.3) is 27.8 Å². The second-order valence-electron chi connectivity index (χ2n) is 15.1. The molecule has 0 spiro atoms. The number of allylic oxidation sites excluding steroid dienone is 7. The van der Waals surface area contributed by atoms with Gasteiger partial charge in [0.05, 0.1) is 5.41 Å². The lowest BCUT2D eigenvalue weighted by molar-refractivity contribution is 0.412. The van der Waals surface area contributed by atoms with Gasteiger partial charge in [-0.25, -0.2) is 0 Å². The van der Waals surface area contributed by atoms with E-state index in [0.29, 0.717) is 23.0 Å². The highest BCUT2D eigenvalue weighted by molar-refractivity contribution is 8.01. The van der Waals surface area contributed by atoms with Crippen molar-refractivity contribution in [1.29, 1.82) is 0 Å². The van der Waals surface area contributed by atoms with Crippen molar-refractivity contribution in [1.82, 2.24) is 0 Å². The maximum Gasteiger partial charge on any atom is 0.0540 e. The molecule has 0 radical (unpaired) electrons. The molecule has 1 heterocycles. The fourth-order valence-electron chi connectivity index (χ4n) is 10.0. The summed E-state index contributed by atoms with van der Waals surface area (Å²) in [4.78, 5) is 1.40. The molecule has 6 aromatic rings. The van der Waals surface area contributed by atoms with Crippen LogP contribution < -0.4 is 0 Å². The zero-order chi connectivity index (χ0) is 35.4. The maximum atomic E-state index is 2.57. The van der Waals surface area contributed by atoms with E-state index in [-0.39, 0.29) is 11.3 Å². The van der Waals surface area contributed by atoms with E-state index in [1.807, 2.05) is 0 Å². The van der Waals surface area contributed by atoms with Crippen molar-refractivity contribution in [3.05, 3.63) is 228 Å². The second kappa shape index (κ2) is 13.2. The first-order valence-corrected chi connectivity index (χ1v) is 20.0. The molecule has 0 amide bonds. The van der Waals surface area contributed by atoms with Gasteiger partial charge in [-0.15, -0.1) is 11.8 Å². The summed E-state index contributed by atoms with van der Waals surface area (Å²) in [6.07, 6.45) is 17.6. The minimum absolute atomic E-state index is 0.232. The molecule has 1 aliphatic heterocycles. The minimum atomic E-state index is -0.300. The summed E-state index contributed by atoms with van der Waals surface area (Å²) in [5.41, 5.74) is 15.0. The minimum Gasteiger partial charge on any atom is -0.117 e. The Morgan fingerprint density at radius 3 is 1.96 bits per heavy atom. The smallest absolute Gasteiger partial charge is 0.0540 e. The van der Waals surface area contributed by atoms with Crippen LogP contribution in [0.3, 0.4) is 0 Å². The first-order chi connectivity index (χ1) is 26.2. The summed E-state index contributed by atoms with van der Waals surface area (Å²) in [6.45, 7) is 2.39. The Labute approximate surface area is 318 Å². The number of thioether (sulfide) groups is 1. The van der Waals surface area contributed by atoms with Gasteiger partial charge in [-0.05, 0) is 91.4 Å². The zero-order valence-corrected chi connectivity index (χ0v) is 30.8. The standard InChI is InChI=1S/C52H42S/c1-35-17-8-10-23-40(35)45(33-37-20-9-11-24-41(37)36-18-4-2-5-19-36)38-31-32-50-46(34-38)44-27-16-30-49(51(44)53-50)52(39-21-6-3-7-22-39)47-28-14-12-25-42(47)43-26-13-15-29-48(43)52/h2-32,34-35,40,45,49,51H,33H2,1H3/t35?,40?,45-,49?,51?/m1/s1. The van der Waals surface area contributed by atoms with E-state index in [4.69, 9.17) is 0 Å². The van der Waals surface area contributed by atoms with Gasteiger partial charge in [0, 0.05) is 16.1 Å². The largest absolute Gasteiger partial charge is 0.117 e. The molecule has 0 N–H and O–H groups in total. The van der Waals surface area contributed by atoms with Crippen molar-refractivity contribution in [2.75, 3.05) is 0 Å². The predicted molar refractivity (Wildman–Crippen MR) is 224 cm³/mol. The first-order valence-electron chi connectivity index (χ1n) is 19.1. The van der Waals surface area contributed by atoms with Gasteiger partial charge in [0.25, 0.3) is 0 Å². The van der Waals surface area contributed by atoms with Crippen LogP contribution in [0.1, 0.15) is 46.2 Å². The fourth-order valence-corrected chi connectivity index (χ4v) is 11.5. The number of benzene rings is 6. The average molecular weight is 699 g/mol. The summed E-state index contributed by atoms with van der Waals surface area (Å²) in [7, 11) is 0. The van der Waals surface area contributed by atoms with E-state index in [9.17, 15) is 0 Å². The van der Waals surface area contributed by atoms with Crippen molar-refractivity contribution in [2.24, 2.45) is 17.8 Å². The molecule has 0 saturated heterocycles. The van der Waals surface area contributed by atoms with Crippen LogP contribution in [0.4, 0.5) is 0 Å². The molecule has 5 atom stereocenters. The van der Waals surface area contributed by atoms with E-state index in [1.54, 1.807) is 0 Å². The van der Waals surface area contributed by atoms with Crippen molar-refractivity contribution < 1.29 is 0 Å². The van der Waals surface area contributed by atoms with Gasteiger partial charge in [-0.2, -0.15) is 0 Å². The summed E-state index contributed by atoms with van der Waals surface area (Å²) in [6, 6.07) is 57.1.